The third-order valence-electron chi connectivity index (χ3n) is 4.07. The Bertz CT molecular complexity index is 672. The monoisotopic (exact) mass is 315 g/mol. The smallest absolute Gasteiger partial charge is 0.255 e. The van der Waals surface area contributed by atoms with Crippen molar-refractivity contribution in [1.82, 2.24) is 9.88 Å². The first-order valence-corrected chi connectivity index (χ1v) is 7.75. The molecule has 2 heterocycles. The highest BCUT2D eigenvalue weighted by atomic mass is 35.5. The van der Waals surface area contributed by atoms with Crippen LogP contribution in [-0.2, 0) is 0 Å². The molecule has 1 unspecified atom stereocenters. The maximum absolute atomic E-state index is 12.6. The van der Waals surface area contributed by atoms with Gasteiger partial charge in [-0.15, -0.1) is 0 Å². The van der Waals surface area contributed by atoms with Crippen LogP contribution < -0.4 is 5.73 Å². The summed E-state index contributed by atoms with van der Waals surface area (Å²) in [6, 6.07) is 9.39. The molecule has 1 fully saturated rings. The lowest BCUT2D eigenvalue weighted by Gasteiger charge is -2.16. The van der Waals surface area contributed by atoms with Gasteiger partial charge in [0.1, 0.15) is 0 Å². The number of nitrogens with zero attached hydrogens (tertiary/aromatic N) is 2. The van der Waals surface area contributed by atoms with Gasteiger partial charge in [-0.25, -0.2) is 0 Å². The standard InChI is InChI=1S/C17H18ClN3O/c18-16-3-1-13(2-4-16)14-7-15(10-20-9-14)17(22)21-6-5-12(8-19)11-21/h1-4,7,9-10,12H,5-6,8,11,19H2. The SMILES string of the molecule is NCC1CCN(C(=O)c2cncc(-c3ccc(Cl)cc3)c2)C1. The molecule has 5 heteroatoms. The molecule has 0 bridgehead atoms. The highest BCUT2D eigenvalue weighted by Gasteiger charge is 2.26. The van der Waals surface area contributed by atoms with E-state index in [-0.39, 0.29) is 5.91 Å². The molecule has 22 heavy (non-hydrogen) atoms. The zero-order chi connectivity index (χ0) is 15.5. The van der Waals surface area contributed by atoms with Crippen LogP contribution >= 0.6 is 11.6 Å². The summed E-state index contributed by atoms with van der Waals surface area (Å²) in [5, 5.41) is 0.689. The van der Waals surface area contributed by atoms with Crippen molar-refractivity contribution in [2.45, 2.75) is 6.42 Å². The Morgan fingerprint density at radius 3 is 2.73 bits per heavy atom. The minimum absolute atomic E-state index is 0.0271. The molecule has 1 atom stereocenters. The second kappa shape index (κ2) is 6.46. The van der Waals surface area contributed by atoms with Crippen molar-refractivity contribution in [2.24, 2.45) is 11.7 Å². The fourth-order valence-corrected chi connectivity index (χ4v) is 2.88. The number of carbonyl (C=O) groups is 1. The van der Waals surface area contributed by atoms with Gasteiger partial charge in [-0.2, -0.15) is 0 Å². The number of aromatic nitrogens is 1. The highest BCUT2D eigenvalue weighted by molar-refractivity contribution is 6.30. The summed E-state index contributed by atoms with van der Waals surface area (Å²) < 4.78 is 0. The Kier molecular flexibility index (Phi) is 4.41. The summed E-state index contributed by atoms with van der Waals surface area (Å²) in [6.07, 6.45) is 4.36. The van der Waals surface area contributed by atoms with E-state index in [2.05, 4.69) is 4.98 Å². The molecule has 0 radical (unpaired) electrons. The van der Waals surface area contributed by atoms with Gasteiger partial charge in [-0.3, -0.25) is 9.78 Å². The van der Waals surface area contributed by atoms with Crippen molar-refractivity contribution in [3.05, 3.63) is 53.3 Å². The van der Waals surface area contributed by atoms with E-state index in [9.17, 15) is 4.79 Å². The summed E-state index contributed by atoms with van der Waals surface area (Å²) in [7, 11) is 0. The predicted octanol–water partition coefficient (Wildman–Crippen LogP) is 2.82. The summed E-state index contributed by atoms with van der Waals surface area (Å²) in [5.74, 6) is 0.440. The second-order valence-corrected chi connectivity index (χ2v) is 6.05. The van der Waals surface area contributed by atoms with Crippen LogP contribution in [0.5, 0.6) is 0 Å². The lowest BCUT2D eigenvalue weighted by atomic mass is 10.1. The van der Waals surface area contributed by atoms with Crippen molar-refractivity contribution in [3.63, 3.8) is 0 Å². The zero-order valence-electron chi connectivity index (χ0n) is 12.2. The fraction of sp³-hybridized carbons (Fsp3) is 0.294. The van der Waals surface area contributed by atoms with E-state index in [1.54, 1.807) is 12.4 Å². The van der Waals surface area contributed by atoms with Crippen LogP contribution in [-0.4, -0.2) is 35.4 Å². The number of amides is 1. The molecule has 4 nitrogen and oxygen atoms in total. The molecule has 1 aromatic heterocycles. The average molecular weight is 316 g/mol. The van der Waals surface area contributed by atoms with Gasteiger partial charge >= 0.3 is 0 Å². The van der Waals surface area contributed by atoms with Crippen molar-refractivity contribution in [1.29, 1.82) is 0 Å². The van der Waals surface area contributed by atoms with E-state index < -0.39 is 0 Å². The van der Waals surface area contributed by atoms with Crippen molar-refractivity contribution in [3.8, 4) is 11.1 Å². The van der Waals surface area contributed by atoms with E-state index in [0.717, 1.165) is 30.6 Å². The van der Waals surface area contributed by atoms with Crippen molar-refractivity contribution in [2.75, 3.05) is 19.6 Å². The topological polar surface area (TPSA) is 59.2 Å². The number of carbonyl (C=O) groups excluding carboxylic acids is 1. The third-order valence-corrected chi connectivity index (χ3v) is 4.32. The van der Waals surface area contributed by atoms with Gasteiger partial charge in [0.05, 0.1) is 5.56 Å². The molecule has 2 aromatic rings. The van der Waals surface area contributed by atoms with Crippen LogP contribution in [0.15, 0.2) is 42.7 Å². The normalized spacial score (nSPS) is 17.7. The molecule has 0 aliphatic carbocycles. The Labute approximate surface area is 134 Å². The van der Waals surface area contributed by atoms with E-state index in [1.165, 1.54) is 0 Å². The van der Waals surface area contributed by atoms with E-state index in [1.807, 2.05) is 35.2 Å². The van der Waals surface area contributed by atoms with Crippen LogP contribution in [0.4, 0.5) is 0 Å². The Morgan fingerprint density at radius 1 is 1.27 bits per heavy atom. The summed E-state index contributed by atoms with van der Waals surface area (Å²) in [6.45, 7) is 2.14. The van der Waals surface area contributed by atoms with Crippen molar-refractivity contribution < 1.29 is 4.79 Å². The van der Waals surface area contributed by atoms with Gasteiger partial charge in [0.25, 0.3) is 5.91 Å². The van der Waals surface area contributed by atoms with Crippen LogP contribution in [0.2, 0.25) is 5.02 Å². The van der Waals surface area contributed by atoms with Crippen LogP contribution in [0.3, 0.4) is 0 Å². The molecule has 114 valence electrons. The number of pyridine rings is 1. The highest BCUT2D eigenvalue weighted by Crippen LogP contribution is 2.23. The lowest BCUT2D eigenvalue weighted by Crippen LogP contribution is -2.29. The number of hydrogen-bond donors (Lipinski definition) is 1. The van der Waals surface area contributed by atoms with Gasteiger partial charge in [-0.05, 0) is 42.6 Å². The number of rotatable bonds is 3. The molecular formula is C17H18ClN3O. The number of nitrogens with two attached hydrogens (primary N) is 1. The molecule has 2 N–H and O–H groups in total. The van der Waals surface area contributed by atoms with Gasteiger partial charge in [0.2, 0.25) is 0 Å². The summed E-state index contributed by atoms with van der Waals surface area (Å²) >= 11 is 5.91. The lowest BCUT2D eigenvalue weighted by molar-refractivity contribution is 0.0787. The second-order valence-electron chi connectivity index (χ2n) is 5.61. The number of benzene rings is 1. The number of halogens is 1. The average Bonchev–Trinajstić information content (AvgIpc) is 3.04. The van der Waals surface area contributed by atoms with E-state index in [4.69, 9.17) is 17.3 Å². The molecule has 0 saturated carbocycles. The van der Waals surface area contributed by atoms with Crippen LogP contribution in [0.25, 0.3) is 11.1 Å². The first-order chi connectivity index (χ1) is 10.7. The van der Waals surface area contributed by atoms with E-state index in [0.29, 0.717) is 23.0 Å². The van der Waals surface area contributed by atoms with Gasteiger partial charge < -0.3 is 10.6 Å². The quantitative estimate of drug-likeness (QED) is 0.947. The first kappa shape index (κ1) is 15.0. The molecule has 3 rings (SSSR count). The largest absolute Gasteiger partial charge is 0.338 e. The Balaban J connectivity index is 1.82. The molecule has 1 aliphatic heterocycles. The fourth-order valence-electron chi connectivity index (χ4n) is 2.75. The minimum Gasteiger partial charge on any atom is -0.338 e. The predicted molar refractivity (Wildman–Crippen MR) is 87.7 cm³/mol. The van der Waals surface area contributed by atoms with Crippen LogP contribution in [0.1, 0.15) is 16.8 Å². The minimum atomic E-state index is 0.0271. The van der Waals surface area contributed by atoms with Gasteiger partial charge in [-0.1, -0.05) is 23.7 Å². The van der Waals surface area contributed by atoms with Crippen molar-refractivity contribution >= 4 is 17.5 Å². The molecule has 1 amide bonds. The maximum Gasteiger partial charge on any atom is 0.255 e. The molecular weight excluding hydrogens is 298 g/mol. The van der Waals surface area contributed by atoms with Gasteiger partial charge in [0, 0.05) is 36.1 Å². The molecule has 1 aliphatic rings. The first-order valence-electron chi connectivity index (χ1n) is 7.37. The summed E-state index contributed by atoms with van der Waals surface area (Å²) in [4.78, 5) is 18.6. The maximum atomic E-state index is 12.6. The van der Waals surface area contributed by atoms with E-state index >= 15 is 0 Å². The molecule has 1 saturated heterocycles. The third kappa shape index (κ3) is 3.13. The Hall–Kier alpha value is -1.91. The van der Waals surface area contributed by atoms with Crippen LogP contribution in [0, 0.1) is 5.92 Å². The number of hydrogen-bond acceptors (Lipinski definition) is 3. The summed E-state index contributed by atoms with van der Waals surface area (Å²) in [5.41, 5.74) is 8.21. The molecule has 0 spiro atoms. The molecule has 1 aromatic carbocycles. The Morgan fingerprint density at radius 2 is 2.05 bits per heavy atom. The zero-order valence-corrected chi connectivity index (χ0v) is 13.0. The number of likely N-dealkylation sites (tertiary alicyclic amines) is 1. The van der Waals surface area contributed by atoms with Gasteiger partial charge in [0.15, 0.2) is 0 Å².